The van der Waals surface area contributed by atoms with Gasteiger partial charge < -0.3 is 0 Å². The molecule has 0 atom stereocenters. The first-order chi connectivity index (χ1) is 66.4. The van der Waals surface area contributed by atoms with Gasteiger partial charge in [0.05, 0.1) is 39.2 Å². The number of benzene rings is 14. The van der Waals surface area contributed by atoms with Crippen LogP contribution in [-0.4, -0.2) is 102 Å². The first-order valence-electron chi connectivity index (χ1n) is 45.6. The molecule has 10 heterocycles. The second-order valence-electron chi connectivity index (χ2n) is 37.0. The van der Waals surface area contributed by atoms with Gasteiger partial charge in [-0.1, -0.05) is 263 Å². The highest BCUT2D eigenvalue weighted by atomic mass is 32.2. The Hall–Kier alpha value is -11.6. The highest BCUT2D eigenvalue weighted by molar-refractivity contribution is 7.91. The molecular weight excluding hydrogens is 1920 g/mol. The Labute approximate surface area is 823 Å². The van der Waals surface area contributed by atoms with Crippen LogP contribution in [0.4, 0.5) is 0 Å². The number of hydrogen-bond acceptors (Lipinski definition) is 16. The molecule has 0 radical (unpaired) electrons. The van der Waals surface area contributed by atoms with Crippen molar-refractivity contribution in [2.45, 2.75) is 199 Å². The van der Waals surface area contributed by atoms with Crippen LogP contribution in [0.1, 0.15) is 134 Å². The zero-order chi connectivity index (χ0) is 99.2. The molecule has 14 aromatic rings. The lowest BCUT2D eigenvalue weighted by atomic mass is 10.0. The summed E-state index contributed by atoms with van der Waals surface area (Å²) in [6.07, 6.45) is 0. The normalized spacial score (nSPS) is 16.1. The molecule has 140 heavy (non-hydrogen) atoms. The monoisotopic (exact) mass is 2030 g/mol. The quantitative estimate of drug-likeness (QED) is 0.0868. The summed E-state index contributed by atoms with van der Waals surface area (Å²) in [6.45, 7) is 9.02. The van der Waals surface area contributed by atoms with Crippen molar-refractivity contribution < 1.29 is 67.3 Å². The third kappa shape index (κ3) is 22.6. The van der Waals surface area contributed by atoms with Gasteiger partial charge in [-0.05, 0) is 241 Å². The summed E-state index contributed by atoms with van der Waals surface area (Å²) < 4.78 is 263. The largest absolute Gasteiger partial charge is 0.243 e. The summed E-state index contributed by atoms with van der Waals surface area (Å²) in [5.41, 5.74) is 12.2. The number of aryl methyl sites for hydroxylation is 8. The molecule has 16 bridgehead atoms. The van der Waals surface area contributed by atoms with Crippen LogP contribution in [0.2, 0.25) is 0 Å². The molecule has 0 saturated carbocycles. The molecule has 0 spiro atoms. The van der Waals surface area contributed by atoms with Crippen LogP contribution in [0.25, 0.3) is 0 Å². The average Bonchev–Trinajstić information content (AvgIpc) is 0.767. The Bertz CT molecular complexity index is 6970. The summed E-state index contributed by atoms with van der Waals surface area (Å²) >= 11 is 0. The molecule has 0 saturated heterocycles. The van der Waals surface area contributed by atoms with Crippen molar-refractivity contribution in [3.05, 3.63) is 449 Å². The van der Waals surface area contributed by atoms with Gasteiger partial charge in [-0.2, -0.15) is 34.4 Å². The van der Waals surface area contributed by atoms with E-state index in [0.29, 0.717) is 89.0 Å². The molecule has 0 N–H and O–H groups in total. The molecule has 24 rings (SSSR count). The summed E-state index contributed by atoms with van der Waals surface area (Å²) in [5, 5.41) is 0. The van der Waals surface area contributed by atoms with Gasteiger partial charge in [0.2, 0.25) is 80.2 Å². The minimum Gasteiger partial charge on any atom is -0.207 e. The fourth-order valence-corrected chi connectivity index (χ4v) is 29.2. The number of rotatable bonds is 16. The molecule has 0 fully saturated rings. The van der Waals surface area contributed by atoms with Crippen molar-refractivity contribution in [1.82, 2.24) is 34.4 Å². The van der Waals surface area contributed by atoms with Crippen LogP contribution in [0.15, 0.2) is 355 Å². The van der Waals surface area contributed by atoms with Crippen LogP contribution in [0.3, 0.4) is 0 Å². The van der Waals surface area contributed by atoms with Gasteiger partial charge in [0, 0.05) is 105 Å². The SMILES string of the molecule is Cc1ccc(S(=O)(=O)N2Cc3ccc(cc3)CN(S(=O)(=O)c3ccc(C)cc3)Cc3cc4cc(c3)CN(S(=O)(=O)c3ccc(C)cc3)Cc3cc(cc(c3)CN(S(=O)(=O)c3ccc(C)cc3)C4)CN(S(=O)(=O)c3ccc(C)cc3)Cc3ccc(cc3)CN(S(=O)(=O)c3ccc(C)cc3)Cc3cc4cc(c3)CN(S(=O)(=O)c3ccc(C)cc3)Cc3cc(cc(c3)CN(S(=O)(=O)c3ccc(C)cc3)C4)C2)cc1. The molecule has 14 aromatic carbocycles. The highest BCUT2D eigenvalue weighted by Crippen LogP contribution is 2.37. The summed E-state index contributed by atoms with van der Waals surface area (Å²) in [5.74, 6) is 0. The topological polar surface area (TPSA) is 299 Å². The maximum atomic E-state index is 15.8. The van der Waals surface area contributed by atoms with Gasteiger partial charge in [0.25, 0.3) is 0 Å². The van der Waals surface area contributed by atoms with E-state index in [2.05, 4.69) is 0 Å². The van der Waals surface area contributed by atoms with Crippen LogP contribution >= 0.6 is 0 Å². The smallest absolute Gasteiger partial charge is 0.207 e. The Morgan fingerprint density at radius 2 is 0.200 bits per heavy atom. The Morgan fingerprint density at radius 1 is 0.121 bits per heavy atom. The molecular formula is C108H108N8O16S8. The van der Waals surface area contributed by atoms with E-state index >= 15 is 67.3 Å². The van der Waals surface area contributed by atoms with E-state index in [0.717, 1.165) is 44.5 Å². The fourth-order valence-electron chi connectivity index (χ4n) is 17.9. The van der Waals surface area contributed by atoms with Gasteiger partial charge in [0.1, 0.15) is 0 Å². The predicted molar refractivity (Wildman–Crippen MR) is 540 cm³/mol. The Morgan fingerprint density at radius 3 is 0.286 bits per heavy atom. The number of sulfonamides is 8. The molecule has 32 heteroatoms. The van der Waals surface area contributed by atoms with E-state index in [4.69, 9.17) is 0 Å². The Kier molecular flexibility index (Phi) is 28.8. The molecule has 0 aromatic heterocycles. The summed E-state index contributed by atoms with van der Waals surface area (Å²) in [6, 6.07) is 85.0. The minimum absolute atomic E-state index is 0.0499. The van der Waals surface area contributed by atoms with Crippen LogP contribution in [0.5, 0.6) is 0 Å². The van der Waals surface area contributed by atoms with E-state index in [9.17, 15) is 0 Å². The van der Waals surface area contributed by atoms with E-state index in [1.165, 1.54) is 132 Å². The van der Waals surface area contributed by atoms with Crippen molar-refractivity contribution in [1.29, 1.82) is 0 Å². The van der Waals surface area contributed by atoms with Gasteiger partial charge in [-0.25, -0.2) is 67.3 Å². The second-order valence-corrected chi connectivity index (χ2v) is 52.5. The van der Waals surface area contributed by atoms with Gasteiger partial charge in [-0.15, -0.1) is 0 Å². The molecule has 0 aliphatic carbocycles. The molecule has 724 valence electrons. The molecule has 0 amide bonds. The lowest BCUT2D eigenvalue weighted by Gasteiger charge is -2.29. The van der Waals surface area contributed by atoms with Crippen molar-refractivity contribution in [3.63, 3.8) is 0 Å². The lowest BCUT2D eigenvalue weighted by molar-refractivity contribution is 0.383. The van der Waals surface area contributed by atoms with E-state index in [1.807, 2.05) is 55.4 Å². The van der Waals surface area contributed by atoms with Crippen LogP contribution < -0.4 is 0 Å². The standard InChI is InChI=1S/C108H108N8O16S8/c1-77-9-33-101(34-10-77)133(117,118)109-61-85-25-27-86(28-26-85)62-110(134(119,120)102-35-11-78(2)12-36-102)66-90-53-97-59-98(54-90)74-116(140(131,132)108-47-23-84(8)24-48-108)76-100-56-92(55-99(60-100)75-115(73-97)139(129,130)107-45-21-83(7)22-46-107)68-112(136(123,124)104-39-15-80(4)16-40-104)64-88-31-29-87(30-32-88)63-111(135(121,122)103-37-13-79(3)14-38-103)67-91-51-95-58-96(52-91)72-114(138(127,128)106-43-19-82(6)20-44-106)70-94-50-89(65-109)49-93(57-94)69-113(71-95)137(125,126)105-41-17-81(5)18-42-105/h9-60H,61-76H2,1-8H3. The van der Waals surface area contributed by atoms with E-state index in [-0.39, 0.29) is 144 Å². The van der Waals surface area contributed by atoms with Crippen molar-refractivity contribution in [2.24, 2.45) is 0 Å². The van der Waals surface area contributed by atoms with Gasteiger partial charge in [-0.3, -0.25) is 0 Å². The van der Waals surface area contributed by atoms with Crippen molar-refractivity contribution in [3.8, 4) is 0 Å². The maximum Gasteiger partial charge on any atom is 0.243 e. The summed E-state index contributed by atoms with van der Waals surface area (Å²) in [7, 11) is -36.2. The van der Waals surface area contributed by atoms with Crippen molar-refractivity contribution in [2.75, 3.05) is 0 Å². The zero-order valence-electron chi connectivity index (χ0n) is 78.7. The zero-order valence-corrected chi connectivity index (χ0v) is 85.2. The number of hydrogen-bond donors (Lipinski definition) is 0. The Balaban J connectivity index is 0.864. The summed E-state index contributed by atoms with van der Waals surface area (Å²) in [4.78, 5) is -0.443. The molecule has 10 aliphatic heterocycles. The number of nitrogens with zero attached hydrogens (tertiary/aromatic N) is 8. The first kappa shape index (κ1) is 99.9. The van der Waals surface area contributed by atoms with Gasteiger partial charge in [0.15, 0.2) is 0 Å². The van der Waals surface area contributed by atoms with Crippen molar-refractivity contribution >= 4 is 80.2 Å². The minimum atomic E-state index is -4.53. The predicted octanol–water partition coefficient (Wildman–Crippen LogP) is 18.2. The van der Waals surface area contributed by atoms with Gasteiger partial charge >= 0.3 is 0 Å². The van der Waals surface area contributed by atoms with E-state index < -0.39 is 80.2 Å². The molecule has 24 nitrogen and oxygen atoms in total. The van der Waals surface area contributed by atoms with Crippen LogP contribution in [0, 0.1) is 55.4 Å². The van der Waals surface area contributed by atoms with E-state index in [1.54, 1.807) is 218 Å². The van der Waals surface area contributed by atoms with Crippen LogP contribution in [-0.2, 0) is 185 Å². The third-order valence-corrected chi connectivity index (χ3v) is 40.0. The second kappa shape index (κ2) is 40.4. The highest BCUT2D eigenvalue weighted by Gasteiger charge is 2.37. The average molecular weight is 2030 g/mol. The fraction of sp³-hybridized carbons (Fsp3) is 0.222. The molecule has 0 unspecified atom stereocenters. The maximum absolute atomic E-state index is 15.8. The third-order valence-electron chi connectivity index (χ3n) is 25.5. The first-order valence-corrected chi connectivity index (χ1v) is 57.1. The lowest BCUT2D eigenvalue weighted by Crippen LogP contribution is -2.34. The molecule has 10 aliphatic rings.